The standard InChI is InChI=1S/C20H22N2O6S/c1-14(23)15-6-8-17(9-7-15)29(25,26)22-11-10-20(24)21-12-16-13-27-18-4-2-3-5-19(18)28-16/h2-9,16,22H,10-13H2,1H3,(H,21,24)/t16-/m1/s1. The minimum Gasteiger partial charge on any atom is -0.486 e. The Kier molecular flexibility index (Phi) is 6.50. The molecule has 9 heteroatoms. The van der Waals surface area contributed by atoms with Crippen LogP contribution in [0.5, 0.6) is 11.5 Å². The Bertz CT molecular complexity index is 988. The normalized spacial score (nSPS) is 15.6. The van der Waals surface area contributed by atoms with Gasteiger partial charge in [0.05, 0.1) is 11.4 Å². The van der Waals surface area contributed by atoms with Gasteiger partial charge in [0.1, 0.15) is 12.7 Å². The second-order valence-corrected chi connectivity index (χ2v) is 8.30. The van der Waals surface area contributed by atoms with Crippen molar-refractivity contribution in [1.29, 1.82) is 0 Å². The molecular formula is C20H22N2O6S. The number of amides is 1. The second-order valence-electron chi connectivity index (χ2n) is 6.53. The van der Waals surface area contributed by atoms with Gasteiger partial charge in [-0.3, -0.25) is 9.59 Å². The van der Waals surface area contributed by atoms with Crippen molar-refractivity contribution in [2.45, 2.75) is 24.3 Å². The summed E-state index contributed by atoms with van der Waals surface area (Å²) >= 11 is 0. The number of hydrogen-bond acceptors (Lipinski definition) is 6. The number of ether oxygens (including phenoxy) is 2. The average molecular weight is 418 g/mol. The molecule has 0 unspecified atom stereocenters. The summed E-state index contributed by atoms with van der Waals surface area (Å²) in [5.74, 6) is 0.846. The fourth-order valence-corrected chi connectivity index (χ4v) is 3.76. The molecule has 29 heavy (non-hydrogen) atoms. The molecule has 2 N–H and O–H groups in total. The van der Waals surface area contributed by atoms with E-state index in [1.165, 1.54) is 31.2 Å². The predicted molar refractivity (Wildman–Crippen MR) is 106 cm³/mol. The first-order valence-electron chi connectivity index (χ1n) is 9.11. The highest BCUT2D eigenvalue weighted by Gasteiger charge is 2.21. The number of hydrogen-bond donors (Lipinski definition) is 2. The number of carbonyl (C=O) groups is 2. The Labute approximate surface area is 169 Å². The maximum absolute atomic E-state index is 12.3. The number of Topliss-reactive ketones (excluding diaryl/α,β-unsaturated/α-hetero) is 1. The zero-order chi connectivity index (χ0) is 20.9. The fourth-order valence-electron chi connectivity index (χ4n) is 2.73. The van der Waals surface area contributed by atoms with Gasteiger partial charge in [0.15, 0.2) is 17.3 Å². The van der Waals surface area contributed by atoms with E-state index < -0.39 is 10.0 Å². The van der Waals surface area contributed by atoms with Crippen LogP contribution in [0.1, 0.15) is 23.7 Å². The molecule has 0 saturated carbocycles. The van der Waals surface area contributed by atoms with Crippen LogP contribution >= 0.6 is 0 Å². The molecule has 1 atom stereocenters. The minimum atomic E-state index is -3.75. The van der Waals surface area contributed by atoms with Crippen LogP contribution in [0.3, 0.4) is 0 Å². The van der Waals surface area contributed by atoms with Gasteiger partial charge >= 0.3 is 0 Å². The maximum atomic E-state index is 12.3. The topological polar surface area (TPSA) is 111 Å². The second kappa shape index (κ2) is 9.06. The van der Waals surface area contributed by atoms with Crippen LogP contribution < -0.4 is 19.5 Å². The fraction of sp³-hybridized carbons (Fsp3) is 0.300. The van der Waals surface area contributed by atoms with Crippen molar-refractivity contribution in [3.05, 3.63) is 54.1 Å². The molecule has 1 heterocycles. The van der Waals surface area contributed by atoms with Gasteiger partial charge in [-0.15, -0.1) is 0 Å². The molecule has 1 amide bonds. The molecular weight excluding hydrogens is 396 g/mol. The molecule has 8 nitrogen and oxygen atoms in total. The Morgan fingerprint density at radius 3 is 2.45 bits per heavy atom. The lowest BCUT2D eigenvalue weighted by molar-refractivity contribution is -0.121. The van der Waals surface area contributed by atoms with E-state index in [2.05, 4.69) is 10.0 Å². The van der Waals surface area contributed by atoms with E-state index in [0.717, 1.165) is 0 Å². The van der Waals surface area contributed by atoms with E-state index in [-0.39, 0.29) is 42.2 Å². The van der Waals surface area contributed by atoms with Gasteiger partial charge in [0.25, 0.3) is 0 Å². The number of rotatable bonds is 8. The number of sulfonamides is 1. The quantitative estimate of drug-likeness (QED) is 0.629. The van der Waals surface area contributed by atoms with Crippen LogP contribution in [-0.4, -0.2) is 45.9 Å². The lowest BCUT2D eigenvalue weighted by atomic mass is 10.2. The number of benzene rings is 2. The van der Waals surface area contributed by atoms with Crippen LogP contribution in [0, 0.1) is 0 Å². The van der Waals surface area contributed by atoms with E-state index in [0.29, 0.717) is 23.7 Å². The van der Waals surface area contributed by atoms with Crippen LogP contribution in [0.15, 0.2) is 53.4 Å². The lowest BCUT2D eigenvalue weighted by Gasteiger charge is -2.26. The van der Waals surface area contributed by atoms with Gasteiger partial charge in [-0.05, 0) is 31.2 Å². The summed E-state index contributed by atoms with van der Waals surface area (Å²) in [7, 11) is -3.75. The van der Waals surface area contributed by atoms with E-state index in [1.807, 2.05) is 18.2 Å². The lowest BCUT2D eigenvalue weighted by Crippen LogP contribution is -2.41. The molecule has 0 spiro atoms. The van der Waals surface area contributed by atoms with Gasteiger partial charge in [0.2, 0.25) is 15.9 Å². The molecule has 1 aliphatic rings. The molecule has 0 saturated heterocycles. The third-order valence-electron chi connectivity index (χ3n) is 4.31. The zero-order valence-corrected chi connectivity index (χ0v) is 16.7. The van der Waals surface area contributed by atoms with Crippen molar-refractivity contribution in [3.63, 3.8) is 0 Å². The summed E-state index contributed by atoms with van der Waals surface area (Å²) in [4.78, 5) is 23.3. The molecule has 3 rings (SSSR count). The summed E-state index contributed by atoms with van der Waals surface area (Å²) in [6, 6.07) is 12.9. The average Bonchev–Trinajstić information content (AvgIpc) is 2.72. The van der Waals surface area contributed by atoms with Gasteiger partial charge < -0.3 is 14.8 Å². The third-order valence-corrected chi connectivity index (χ3v) is 5.79. The maximum Gasteiger partial charge on any atom is 0.240 e. The number of nitrogens with one attached hydrogen (secondary N) is 2. The zero-order valence-electron chi connectivity index (χ0n) is 15.9. The molecule has 0 radical (unpaired) electrons. The summed E-state index contributed by atoms with van der Waals surface area (Å²) in [5.41, 5.74) is 0.430. The first-order valence-corrected chi connectivity index (χ1v) is 10.6. The molecule has 0 fully saturated rings. The number of para-hydroxylation sites is 2. The molecule has 0 aromatic heterocycles. The van der Waals surface area contributed by atoms with E-state index in [1.54, 1.807) is 6.07 Å². The summed E-state index contributed by atoms with van der Waals surface area (Å²) in [5, 5.41) is 2.71. The van der Waals surface area contributed by atoms with Crippen molar-refractivity contribution < 1.29 is 27.5 Å². The summed E-state index contributed by atoms with van der Waals surface area (Å²) in [6.07, 6.45) is -0.333. The number of fused-ring (bicyclic) bond motifs is 1. The van der Waals surface area contributed by atoms with Crippen LogP contribution in [0.2, 0.25) is 0 Å². The molecule has 154 valence electrons. The minimum absolute atomic E-state index is 0.0189. The predicted octanol–water partition coefficient (Wildman–Crippen LogP) is 1.51. The SMILES string of the molecule is CC(=O)c1ccc(S(=O)(=O)NCCC(=O)NC[C@@H]2COc3ccccc3O2)cc1. The largest absolute Gasteiger partial charge is 0.486 e. The Morgan fingerprint density at radius 2 is 1.76 bits per heavy atom. The van der Waals surface area contributed by atoms with Crippen molar-refractivity contribution in [3.8, 4) is 11.5 Å². The highest BCUT2D eigenvalue weighted by molar-refractivity contribution is 7.89. The van der Waals surface area contributed by atoms with Crippen molar-refractivity contribution >= 4 is 21.7 Å². The molecule has 2 aromatic rings. The van der Waals surface area contributed by atoms with E-state index >= 15 is 0 Å². The Balaban J connectivity index is 1.42. The summed E-state index contributed by atoms with van der Waals surface area (Å²) in [6.45, 7) is 1.93. The van der Waals surface area contributed by atoms with Crippen molar-refractivity contribution in [2.75, 3.05) is 19.7 Å². The van der Waals surface area contributed by atoms with Crippen molar-refractivity contribution in [2.24, 2.45) is 0 Å². The van der Waals surface area contributed by atoms with Crippen LogP contribution in [-0.2, 0) is 14.8 Å². The van der Waals surface area contributed by atoms with Gasteiger partial charge in [0, 0.05) is 18.5 Å². The molecule has 0 bridgehead atoms. The number of ketones is 1. The summed E-state index contributed by atoms with van der Waals surface area (Å²) < 4.78 is 38.2. The van der Waals surface area contributed by atoms with E-state index in [4.69, 9.17) is 9.47 Å². The third kappa shape index (κ3) is 5.55. The van der Waals surface area contributed by atoms with Crippen LogP contribution in [0.4, 0.5) is 0 Å². The van der Waals surface area contributed by atoms with Gasteiger partial charge in [-0.2, -0.15) is 0 Å². The number of carbonyl (C=O) groups excluding carboxylic acids is 2. The highest BCUT2D eigenvalue weighted by Crippen LogP contribution is 2.30. The van der Waals surface area contributed by atoms with Crippen molar-refractivity contribution in [1.82, 2.24) is 10.0 Å². The highest BCUT2D eigenvalue weighted by atomic mass is 32.2. The first kappa shape index (κ1) is 20.8. The molecule has 1 aliphatic heterocycles. The Hall–Kier alpha value is -2.91. The van der Waals surface area contributed by atoms with E-state index in [9.17, 15) is 18.0 Å². The smallest absolute Gasteiger partial charge is 0.240 e. The Morgan fingerprint density at radius 1 is 1.07 bits per heavy atom. The van der Waals surface area contributed by atoms with Crippen LogP contribution in [0.25, 0.3) is 0 Å². The first-order chi connectivity index (χ1) is 13.8. The molecule has 2 aromatic carbocycles. The monoisotopic (exact) mass is 418 g/mol. The van der Waals surface area contributed by atoms with Gasteiger partial charge in [-0.1, -0.05) is 24.3 Å². The molecule has 0 aliphatic carbocycles. The van der Waals surface area contributed by atoms with Gasteiger partial charge in [-0.25, -0.2) is 13.1 Å².